The van der Waals surface area contributed by atoms with Gasteiger partial charge in [0, 0.05) is 20.2 Å². The van der Waals surface area contributed by atoms with Crippen LogP contribution in [0.1, 0.15) is 13.8 Å². The van der Waals surface area contributed by atoms with Crippen LogP contribution in [0.4, 0.5) is 0 Å². The minimum absolute atomic E-state index is 0.144. The van der Waals surface area contributed by atoms with Crippen molar-refractivity contribution in [1.29, 1.82) is 0 Å². The Morgan fingerprint density at radius 1 is 1.46 bits per heavy atom. The Bertz CT molecular complexity index is 223. The molecule has 0 spiro atoms. The van der Waals surface area contributed by atoms with Crippen molar-refractivity contribution in [2.75, 3.05) is 26.8 Å². The maximum Gasteiger partial charge on any atom is 0.248 e. The first-order valence-electron chi connectivity index (χ1n) is 4.84. The molecule has 0 aromatic rings. The van der Waals surface area contributed by atoms with E-state index in [2.05, 4.69) is 13.8 Å². The van der Waals surface area contributed by atoms with Gasteiger partial charge in [-0.25, -0.2) is 0 Å². The minimum atomic E-state index is 0.144. The predicted octanol–water partition coefficient (Wildman–Crippen LogP) is 0.747. The summed E-state index contributed by atoms with van der Waals surface area (Å²) in [7, 11) is 1.57. The van der Waals surface area contributed by atoms with Gasteiger partial charge in [-0.05, 0) is 17.3 Å². The van der Waals surface area contributed by atoms with E-state index < -0.39 is 0 Å². The van der Waals surface area contributed by atoms with Gasteiger partial charge in [-0.3, -0.25) is 4.79 Å². The summed E-state index contributed by atoms with van der Waals surface area (Å²) >= 11 is 0. The smallest absolute Gasteiger partial charge is 0.248 e. The molecule has 2 aliphatic rings. The highest BCUT2D eigenvalue weighted by Gasteiger charge is 2.62. The van der Waals surface area contributed by atoms with Crippen LogP contribution in [0, 0.1) is 17.3 Å². The fourth-order valence-corrected chi connectivity index (χ4v) is 2.55. The number of ether oxygens (including phenoxy) is 1. The van der Waals surface area contributed by atoms with Gasteiger partial charge in [-0.1, -0.05) is 13.8 Å². The monoisotopic (exact) mass is 183 g/mol. The summed E-state index contributed by atoms with van der Waals surface area (Å²) in [6.07, 6.45) is 0. The fourth-order valence-electron chi connectivity index (χ4n) is 2.55. The van der Waals surface area contributed by atoms with Gasteiger partial charge in [0.1, 0.15) is 6.61 Å². The van der Waals surface area contributed by atoms with Gasteiger partial charge in [0.25, 0.3) is 0 Å². The van der Waals surface area contributed by atoms with E-state index >= 15 is 0 Å². The average Bonchev–Trinajstić information content (AvgIpc) is 2.53. The topological polar surface area (TPSA) is 29.5 Å². The molecule has 2 fully saturated rings. The van der Waals surface area contributed by atoms with Crippen LogP contribution >= 0.6 is 0 Å². The van der Waals surface area contributed by atoms with Gasteiger partial charge in [0.2, 0.25) is 5.91 Å². The molecule has 0 bridgehead atoms. The van der Waals surface area contributed by atoms with Crippen molar-refractivity contribution in [2.45, 2.75) is 13.8 Å². The summed E-state index contributed by atoms with van der Waals surface area (Å²) in [4.78, 5) is 13.4. The molecule has 2 unspecified atom stereocenters. The second-order valence-corrected chi connectivity index (χ2v) is 4.77. The number of amides is 1. The van der Waals surface area contributed by atoms with Gasteiger partial charge in [0.15, 0.2) is 0 Å². The number of fused-ring (bicyclic) bond motifs is 1. The van der Waals surface area contributed by atoms with Crippen LogP contribution in [-0.4, -0.2) is 37.6 Å². The van der Waals surface area contributed by atoms with Crippen molar-refractivity contribution in [3.05, 3.63) is 0 Å². The van der Waals surface area contributed by atoms with Crippen LogP contribution in [-0.2, 0) is 9.53 Å². The van der Waals surface area contributed by atoms with Crippen molar-refractivity contribution < 1.29 is 9.53 Å². The lowest BCUT2D eigenvalue weighted by atomic mass is 10.1. The van der Waals surface area contributed by atoms with Crippen LogP contribution in [0.3, 0.4) is 0 Å². The van der Waals surface area contributed by atoms with E-state index in [4.69, 9.17) is 4.74 Å². The molecule has 0 radical (unpaired) electrons. The predicted molar refractivity (Wildman–Crippen MR) is 49.2 cm³/mol. The van der Waals surface area contributed by atoms with Crippen molar-refractivity contribution in [1.82, 2.24) is 4.90 Å². The largest absolute Gasteiger partial charge is 0.375 e. The van der Waals surface area contributed by atoms with Crippen LogP contribution in [0.25, 0.3) is 0 Å². The third-order valence-electron chi connectivity index (χ3n) is 3.74. The van der Waals surface area contributed by atoms with Gasteiger partial charge in [-0.2, -0.15) is 0 Å². The first kappa shape index (κ1) is 9.00. The summed E-state index contributed by atoms with van der Waals surface area (Å²) in [6.45, 7) is 6.71. The van der Waals surface area contributed by atoms with Gasteiger partial charge in [0.05, 0.1) is 0 Å². The van der Waals surface area contributed by atoms with E-state index in [0.717, 1.165) is 24.9 Å². The number of carbonyl (C=O) groups excluding carboxylic acids is 1. The molecular weight excluding hydrogens is 166 g/mol. The number of methoxy groups -OCH3 is 1. The highest BCUT2D eigenvalue weighted by atomic mass is 16.5. The third kappa shape index (κ3) is 1.26. The summed E-state index contributed by atoms with van der Waals surface area (Å²) in [6, 6.07) is 0. The standard InChI is InChI=1S/C10H17NO2/c1-10(2)7-4-11(5-8(7)10)9(12)6-13-3/h7-8H,4-6H2,1-3H3. The number of hydrogen-bond donors (Lipinski definition) is 0. The molecule has 0 aromatic heterocycles. The number of rotatable bonds is 2. The van der Waals surface area contributed by atoms with Gasteiger partial charge >= 0.3 is 0 Å². The van der Waals surface area contributed by atoms with Crippen LogP contribution in [0.5, 0.6) is 0 Å². The fraction of sp³-hybridized carbons (Fsp3) is 0.900. The zero-order chi connectivity index (χ0) is 9.64. The Balaban J connectivity index is 1.87. The van der Waals surface area contributed by atoms with Crippen molar-refractivity contribution in [3.8, 4) is 0 Å². The number of nitrogens with zero attached hydrogens (tertiary/aromatic N) is 1. The van der Waals surface area contributed by atoms with E-state index in [9.17, 15) is 4.79 Å². The second kappa shape index (κ2) is 2.71. The molecule has 1 aliphatic carbocycles. The average molecular weight is 183 g/mol. The van der Waals surface area contributed by atoms with Gasteiger partial charge < -0.3 is 9.64 Å². The SMILES string of the molecule is COCC(=O)N1CC2C(C1)C2(C)C. The Labute approximate surface area is 79.0 Å². The van der Waals surface area contributed by atoms with Crippen LogP contribution in [0.2, 0.25) is 0 Å². The Morgan fingerprint density at radius 2 is 2.00 bits per heavy atom. The molecular formula is C10H17NO2. The normalized spacial score (nSPS) is 34.5. The molecule has 1 aliphatic heterocycles. The highest BCUT2D eigenvalue weighted by molar-refractivity contribution is 5.78. The number of carbonyl (C=O) groups is 1. The Morgan fingerprint density at radius 3 is 2.46 bits per heavy atom. The zero-order valence-electron chi connectivity index (χ0n) is 8.54. The molecule has 13 heavy (non-hydrogen) atoms. The molecule has 2 atom stereocenters. The molecule has 74 valence electrons. The molecule has 3 nitrogen and oxygen atoms in total. The molecule has 3 heteroatoms. The molecule has 2 rings (SSSR count). The first-order valence-corrected chi connectivity index (χ1v) is 4.84. The number of piperidine rings is 1. The maximum atomic E-state index is 11.4. The maximum absolute atomic E-state index is 11.4. The quantitative estimate of drug-likeness (QED) is 0.632. The zero-order valence-corrected chi connectivity index (χ0v) is 8.54. The van der Waals surface area contributed by atoms with Crippen molar-refractivity contribution >= 4 is 5.91 Å². The van der Waals surface area contributed by atoms with Crippen LogP contribution in [0.15, 0.2) is 0 Å². The lowest BCUT2D eigenvalue weighted by Crippen LogP contribution is -2.35. The molecule has 1 amide bonds. The summed E-state index contributed by atoms with van der Waals surface area (Å²) < 4.78 is 4.83. The molecule has 0 N–H and O–H groups in total. The summed E-state index contributed by atoms with van der Waals surface area (Å²) in [5, 5.41) is 0. The minimum Gasteiger partial charge on any atom is -0.375 e. The lowest BCUT2D eigenvalue weighted by Gasteiger charge is -2.21. The van der Waals surface area contributed by atoms with E-state index in [0.29, 0.717) is 5.41 Å². The first-order chi connectivity index (χ1) is 6.07. The van der Waals surface area contributed by atoms with Crippen LogP contribution < -0.4 is 0 Å². The lowest BCUT2D eigenvalue weighted by molar-refractivity contribution is -0.134. The van der Waals surface area contributed by atoms with Crippen molar-refractivity contribution in [2.24, 2.45) is 17.3 Å². The number of likely N-dealkylation sites (tertiary alicyclic amines) is 1. The summed E-state index contributed by atoms with van der Waals surface area (Å²) in [5.74, 6) is 1.63. The highest BCUT2D eigenvalue weighted by Crippen LogP contribution is 2.61. The summed E-state index contributed by atoms with van der Waals surface area (Å²) in [5.41, 5.74) is 0.490. The van der Waals surface area contributed by atoms with Gasteiger partial charge in [-0.15, -0.1) is 0 Å². The van der Waals surface area contributed by atoms with E-state index in [1.807, 2.05) is 4.90 Å². The Hall–Kier alpha value is -0.570. The second-order valence-electron chi connectivity index (χ2n) is 4.77. The van der Waals surface area contributed by atoms with E-state index in [1.54, 1.807) is 7.11 Å². The molecule has 1 saturated carbocycles. The molecule has 1 heterocycles. The Kier molecular flexibility index (Phi) is 1.88. The number of hydrogen-bond acceptors (Lipinski definition) is 2. The molecule has 0 aromatic carbocycles. The van der Waals surface area contributed by atoms with Crippen molar-refractivity contribution in [3.63, 3.8) is 0 Å². The van der Waals surface area contributed by atoms with E-state index in [1.165, 1.54) is 0 Å². The van der Waals surface area contributed by atoms with E-state index in [-0.39, 0.29) is 12.5 Å². The molecule has 1 saturated heterocycles. The third-order valence-corrected chi connectivity index (χ3v) is 3.74.